The number of carbonyl (C=O) groups is 1. The first-order valence-electron chi connectivity index (χ1n) is 13.7. The van der Waals surface area contributed by atoms with Gasteiger partial charge < -0.3 is 24.0 Å². The number of carboxylic acids is 1. The lowest BCUT2D eigenvalue weighted by Crippen LogP contribution is -2.36. The number of halogens is 1. The maximum Gasteiger partial charge on any atom is 0.335 e. The summed E-state index contributed by atoms with van der Waals surface area (Å²) in [7, 11) is 0. The third kappa shape index (κ3) is 5.21. The van der Waals surface area contributed by atoms with E-state index in [0.717, 1.165) is 55.5 Å². The summed E-state index contributed by atoms with van der Waals surface area (Å²) < 4.78 is 29.3. The van der Waals surface area contributed by atoms with Crippen molar-refractivity contribution in [3.8, 4) is 17.1 Å². The van der Waals surface area contributed by atoms with Crippen LogP contribution in [-0.2, 0) is 11.3 Å². The highest BCUT2D eigenvalue weighted by molar-refractivity contribution is 5.93. The van der Waals surface area contributed by atoms with E-state index >= 15 is 4.39 Å². The Labute approximate surface area is 226 Å². The number of aromatic carboxylic acids is 1. The minimum absolute atomic E-state index is 0.170. The van der Waals surface area contributed by atoms with Crippen molar-refractivity contribution in [2.45, 2.75) is 44.8 Å². The Kier molecular flexibility index (Phi) is 7.20. The summed E-state index contributed by atoms with van der Waals surface area (Å²) in [5.41, 5.74) is 4.10. The van der Waals surface area contributed by atoms with Gasteiger partial charge in [-0.25, -0.2) is 14.2 Å². The van der Waals surface area contributed by atoms with E-state index < -0.39 is 11.8 Å². The molecule has 0 atom stereocenters. The van der Waals surface area contributed by atoms with Gasteiger partial charge in [0.1, 0.15) is 24.0 Å². The molecular weight excluding hydrogens is 497 g/mol. The van der Waals surface area contributed by atoms with Crippen LogP contribution in [-0.4, -0.2) is 46.9 Å². The van der Waals surface area contributed by atoms with Gasteiger partial charge in [0.05, 0.1) is 35.4 Å². The molecule has 1 aromatic heterocycles. The van der Waals surface area contributed by atoms with Crippen molar-refractivity contribution >= 4 is 22.7 Å². The number of fused-ring (bicyclic) bond motifs is 1. The predicted molar refractivity (Wildman–Crippen MR) is 148 cm³/mol. The monoisotopic (exact) mass is 529 g/mol. The van der Waals surface area contributed by atoms with Gasteiger partial charge in [0.2, 0.25) is 0 Å². The Bertz CT molecular complexity index is 1490. The van der Waals surface area contributed by atoms with Gasteiger partial charge in [-0.1, -0.05) is 37.5 Å². The van der Waals surface area contributed by atoms with Crippen LogP contribution in [0.3, 0.4) is 0 Å². The lowest BCUT2D eigenvalue weighted by Gasteiger charge is -2.30. The van der Waals surface area contributed by atoms with Gasteiger partial charge in [0.15, 0.2) is 0 Å². The molecule has 6 rings (SSSR count). The number of carboxylic acid groups (broad SMARTS) is 1. The first-order valence-corrected chi connectivity index (χ1v) is 13.7. The minimum Gasteiger partial charge on any atom is -0.489 e. The molecule has 2 heterocycles. The molecule has 39 heavy (non-hydrogen) atoms. The molecule has 1 saturated heterocycles. The van der Waals surface area contributed by atoms with Crippen molar-refractivity contribution in [2.75, 3.05) is 31.2 Å². The number of hydrogen-bond donors (Lipinski definition) is 1. The van der Waals surface area contributed by atoms with Gasteiger partial charge >= 0.3 is 5.97 Å². The third-order valence-corrected chi connectivity index (χ3v) is 7.80. The highest BCUT2D eigenvalue weighted by Crippen LogP contribution is 2.37. The molecule has 0 radical (unpaired) electrons. The van der Waals surface area contributed by atoms with Crippen molar-refractivity contribution in [2.24, 2.45) is 0 Å². The zero-order chi connectivity index (χ0) is 26.8. The van der Waals surface area contributed by atoms with Crippen LogP contribution in [0.4, 0.5) is 10.1 Å². The average molecular weight is 530 g/mol. The number of anilines is 1. The molecule has 1 N–H and O–H groups in total. The van der Waals surface area contributed by atoms with E-state index in [1.807, 2.05) is 18.2 Å². The number of para-hydroxylation sites is 1. The molecule has 1 aliphatic carbocycles. The van der Waals surface area contributed by atoms with Crippen LogP contribution >= 0.6 is 0 Å². The maximum atomic E-state index is 15.7. The van der Waals surface area contributed by atoms with Crippen LogP contribution in [0.15, 0.2) is 60.7 Å². The smallest absolute Gasteiger partial charge is 0.335 e. The van der Waals surface area contributed by atoms with E-state index in [0.29, 0.717) is 42.5 Å². The fraction of sp³-hybridized carbons (Fsp3) is 0.355. The van der Waals surface area contributed by atoms with Gasteiger partial charge in [0, 0.05) is 36.4 Å². The molecule has 3 aromatic carbocycles. The van der Waals surface area contributed by atoms with Crippen molar-refractivity contribution in [3.63, 3.8) is 0 Å². The summed E-state index contributed by atoms with van der Waals surface area (Å²) in [6.45, 7) is 3.38. The SMILES string of the molecule is O=C(O)c1ccc2c(c1)nc(-c1ccc(OCc3ccccc3N3CCOCC3)cc1F)n2C1CCCCC1. The van der Waals surface area contributed by atoms with Crippen LogP contribution in [0.2, 0.25) is 0 Å². The molecule has 0 unspecified atom stereocenters. The second-order valence-corrected chi connectivity index (χ2v) is 10.3. The molecule has 1 saturated carbocycles. The van der Waals surface area contributed by atoms with Gasteiger partial charge in [-0.3, -0.25) is 0 Å². The second-order valence-electron chi connectivity index (χ2n) is 10.3. The van der Waals surface area contributed by atoms with Crippen molar-refractivity contribution < 1.29 is 23.8 Å². The summed E-state index contributed by atoms with van der Waals surface area (Å²) in [4.78, 5) is 18.6. The predicted octanol–water partition coefficient (Wildman–Crippen LogP) is 6.46. The largest absolute Gasteiger partial charge is 0.489 e. The zero-order valence-electron chi connectivity index (χ0n) is 21.8. The molecule has 8 heteroatoms. The molecule has 1 aliphatic heterocycles. The first kappa shape index (κ1) is 25.4. The number of imidazole rings is 1. The van der Waals surface area contributed by atoms with E-state index in [2.05, 4.69) is 15.5 Å². The number of rotatable bonds is 7. The van der Waals surface area contributed by atoms with Gasteiger partial charge in [0.25, 0.3) is 0 Å². The Morgan fingerprint density at radius 2 is 1.82 bits per heavy atom. The fourth-order valence-corrected chi connectivity index (χ4v) is 5.80. The van der Waals surface area contributed by atoms with E-state index in [9.17, 15) is 9.90 Å². The molecule has 7 nitrogen and oxygen atoms in total. The quantitative estimate of drug-likeness (QED) is 0.296. The lowest BCUT2D eigenvalue weighted by molar-refractivity contribution is 0.0697. The maximum absolute atomic E-state index is 15.7. The summed E-state index contributed by atoms with van der Waals surface area (Å²) >= 11 is 0. The lowest BCUT2D eigenvalue weighted by atomic mass is 9.94. The summed E-state index contributed by atoms with van der Waals surface area (Å²) in [5, 5.41) is 9.47. The van der Waals surface area contributed by atoms with Crippen molar-refractivity contribution in [3.05, 3.63) is 77.6 Å². The molecule has 202 valence electrons. The first-order chi connectivity index (χ1) is 19.1. The molecule has 4 aromatic rings. The standard InChI is InChI=1S/C31H32FN3O4/c32-26-19-24(39-20-22-6-4-5-9-28(22)34-14-16-38-17-15-34)11-12-25(26)30-33-27-18-21(31(36)37)10-13-29(27)35(30)23-7-2-1-3-8-23/h4-6,9-13,18-19,23H,1-3,7-8,14-17,20H2,(H,36,37). The molecule has 0 spiro atoms. The minimum atomic E-state index is -1.01. The van der Waals surface area contributed by atoms with Crippen LogP contribution < -0.4 is 9.64 Å². The van der Waals surface area contributed by atoms with Gasteiger partial charge in [-0.2, -0.15) is 0 Å². The second kappa shape index (κ2) is 11.1. The number of ether oxygens (including phenoxy) is 2. The number of aromatic nitrogens is 2. The summed E-state index contributed by atoms with van der Waals surface area (Å²) in [6, 6.07) is 18.2. The normalized spacial score (nSPS) is 16.5. The molecule has 2 aliphatic rings. The van der Waals surface area contributed by atoms with E-state index in [1.165, 1.54) is 12.5 Å². The Morgan fingerprint density at radius 1 is 1.03 bits per heavy atom. The molecule has 0 amide bonds. The average Bonchev–Trinajstić information content (AvgIpc) is 3.35. The molecule has 0 bridgehead atoms. The van der Waals surface area contributed by atoms with Crippen LogP contribution in [0.5, 0.6) is 5.75 Å². The van der Waals surface area contributed by atoms with Crippen LogP contribution in [0.1, 0.15) is 54.1 Å². The number of morpholine rings is 1. The Morgan fingerprint density at radius 3 is 2.59 bits per heavy atom. The number of hydrogen-bond acceptors (Lipinski definition) is 5. The van der Waals surface area contributed by atoms with Gasteiger partial charge in [-0.15, -0.1) is 0 Å². The highest BCUT2D eigenvalue weighted by Gasteiger charge is 2.25. The fourth-order valence-electron chi connectivity index (χ4n) is 5.80. The van der Waals surface area contributed by atoms with Crippen molar-refractivity contribution in [1.29, 1.82) is 0 Å². The third-order valence-electron chi connectivity index (χ3n) is 7.80. The van der Waals surface area contributed by atoms with Crippen LogP contribution in [0, 0.1) is 5.82 Å². The number of benzene rings is 3. The number of nitrogens with zero attached hydrogens (tertiary/aromatic N) is 3. The summed E-state index contributed by atoms with van der Waals surface area (Å²) in [6.07, 6.45) is 5.39. The molecular formula is C31H32FN3O4. The highest BCUT2D eigenvalue weighted by atomic mass is 19.1. The van der Waals surface area contributed by atoms with Gasteiger partial charge in [-0.05, 0) is 49.2 Å². The van der Waals surface area contributed by atoms with Crippen molar-refractivity contribution in [1.82, 2.24) is 9.55 Å². The topological polar surface area (TPSA) is 76.8 Å². The van der Waals surface area contributed by atoms with E-state index in [1.54, 1.807) is 30.3 Å². The van der Waals surface area contributed by atoms with E-state index in [4.69, 9.17) is 14.5 Å². The Hall–Kier alpha value is -3.91. The zero-order valence-corrected chi connectivity index (χ0v) is 21.8. The summed E-state index contributed by atoms with van der Waals surface area (Å²) in [5.74, 6) is -0.448. The van der Waals surface area contributed by atoms with Crippen LogP contribution in [0.25, 0.3) is 22.4 Å². The molecule has 2 fully saturated rings. The van der Waals surface area contributed by atoms with E-state index in [-0.39, 0.29) is 11.6 Å². The Balaban J connectivity index is 1.29.